The average molecular weight is 415 g/mol. The molecule has 5 rings (SSSR count). The van der Waals surface area contributed by atoms with E-state index in [0.29, 0.717) is 0 Å². The van der Waals surface area contributed by atoms with Crippen LogP contribution in [0.5, 0.6) is 5.75 Å². The maximum Gasteiger partial charge on any atom is 0.168 e. The molecule has 1 aliphatic rings. The second-order valence-corrected chi connectivity index (χ2v) is 7.93. The van der Waals surface area contributed by atoms with Gasteiger partial charge in [0.25, 0.3) is 0 Å². The second-order valence-electron chi connectivity index (χ2n) is 7.93. The molecule has 0 spiro atoms. The van der Waals surface area contributed by atoms with Crippen molar-refractivity contribution in [3.63, 3.8) is 0 Å². The molecule has 0 aliphatic carbocycles. The minimum absolute atomic E-state index is 0.839. The topological polar surface area (TPSA) is 59.3 Å². The lowest BCUT2D eigenvalue weighted by molar-refractivity contribution is 0.415. The zero-order valence-electron chi connectivity index (χ0n) is 18.1. The summed E-state index contributed by atoms with van der Waals surface area (Å²) >= 11 is 0. The summed E-state index contributed by atoms with van der Waals surface area (Å²) in [5.41, 5.74) is 5.59. The maximum atomic E-state index is 5.27. The standard InChI is InChI=1S/C24H26N6O/c1-17-4-5-20(14-18(17)2)30-24-22(15-27-30)23(25-16-26-24)29-12-10-28(11-13-29)19-6-8-21(31-3)9-7-19/h4-9,14-16H,10-13H2,1-3H3. The van der Waals surface area contributed by atoms with Crippen molar-refractivity contribution in [2.75, 3.05) is 43.1 Å². The number of fused-ring (bicyclic) bond motifs is 1. The van der Waals surface area contributed by atoms with Crippen molar-refractivity contribution in [3.8, 4) is 11.4 Å². The van der Waals surface area contributed by atoms with Gasteiger partial charge in [0.15, 0.2) is 5.65 Å². The van der Waals surface area contributed by atoms with Crippen LogP contribution in [0.25, 0.3) is 16.7 Å². The van der Waals surface area contributed by atoms with E-state index in [1.54, 1.807) is 13.4 Å². The molecule has 2 aromatic heterocycles. The number of hydrogen-bond donors (Lipinski definition) is 0. The number of aromatic nitrogens is 4. The molecule has 0 atom stereocenters. The number of piperazine rings is 1. The molecular weight excluding hydrogens is 388 g/mol. The normalized spacial score (nSPS) is 14.3. The molecule has 1 saturated heterocycles. The van der Waals surface area contributed by atoms with E-state index in [4.69, 9.17) is 4.74 Å². The fourth-order valence-electron chi connectivity index (χ4n) is 4.10. The predicted octanol–water partition coefficient (Wildman–Crippen LogP) is 3.77. The number of benzene rings is 2. The number of nitrogens with zero attached hydrogens (tertiary/aromatic N) is 6. The van der Waals surface area contributed by atoms with Crippen molar-refractivity contribution in [3.05, 3.63) is 66.1 Å². The molecule has 3 heterocycles. The summed E-state index contributed by atoms with van der Waals surface area (Å²) in [6, 6.07) is 14.6. The Bertz CT molecular complexity index is 1210. The quantitative estimate of drug-likeness (QED) is 0.507. The Morgan fingerprint density at radius 2 is 1.52 bits per heavy atom. The SMILES string of the molecule is COc1ccc(N2CCN(c3ncnc4c3cnn4-c3ccc(C)c(C)c3)CC2)cc1. The molecule has 31 heavy (non-hydrogen) atoms. The van der Waals surface area contributed by atoms with E-state index in [1.165, 1.54) is 16.8 Å². The predicted molar refractivity (Wildman–Crippen MR) is 124 cm³/mol. The monoisotopic (exact) mass is 414 g/mol. The van der Waals surface area contributed by atoms with E-state index in [0.717, 1.165) is 54.5 Å². The maximum absolute atomic E-state index is 5.27. The lowest BCUT2D eigenvalue weighted by Crippen LogP contribution is -2.46. The molecule has 7 heteroatoms. The average Bonchev–Trinajstić information content (AvgIpc) is 3.25. The van der Waals surface area contributed by atoms with E-state index in [-0.39, 0.29) is 0 Å². The van der Waals surface area contributed by atoms with Crippen LogP contribution in [0, 0.1) is 13.8 Å². The second kappa shape index (κ2) is 7.91. The van der Waals surface area contributed by atoms with Gasteiger partial charge in [0, 0.05) is 31.9 Å². The summed E-state index contributed by atoms with van der Waals surface area (Å²) in [6.45, 7) is 7.89. The van der Waals surface area contributed by atoms with Gasteiger partial charge in [0.05, 0.1) is 24.4 Å². The minimum Gasteiger partial charge on any atom is -0.497 e. The summed E-state index contributed by atoms with van der Waals surface area (Å²) in [5, 5.41) is 5.62. The smallest absolute Gasteiger partial charge is 0.168 e. The van der Waals surface area contributed by atoms with Crippen LogP contribution >= 0.6 is 0 Å². The van der Waals surface area contributed by atoms with Crippen molar-refractivity contribution in [2.45, 2.75) is 13.8 Å². The highest BCUT2D eigenvalue weighted by atomic mass is 16.5. The first-order valence-electron chi connectivity index (χ1n) is 10.5. The third-order valence-corrected chi connectivity index (χ3v) is 6.10. The summed E-state index contributed by atoms with van der Waals surface area (Å²) in [6.07, 6.45) is 3.53. The fraction of sp³-hybridized carbons (Fsp3) is 0.292. The molecule has 0 bridgehead atoms. The van der Waals surface area contributed by atoms with E-state index < -0.39 is 0 Å². The Morgan fingerprint density at radius 3 is 2.23 bits per heavy atom. The van der Waals surface area contributed by atoms with Crippen molar-refractivity contribution >= 4 is 22.5 Å². The van der Waals surface area contributed by atoms with Gasteiger partial charge in [-0.3, -0.25) is 0 Å². The fourth-order valence-corrected chi connectivity index (χ4v) is 4.10. The van der Waals surface area contributed by atoms with Gasteiger partial charge >= 0.3 is 0 Å². The zero-order valence-corrected chi connectivity index (χ0v) is 18.1. The molecule has 4 aromatic rings. The molecule has 1 aliphatic heterocycles. The van der Waals surface area contributed by atoms with Crippen molar-refractivity contribution in [1.29, 1.82) is 0 Å². The minimum atomic E-state index is 0.839. The molecule has 0 amide bonds. The number of hydrogen-bond acceptors (Lipinski definition) is 6. The third-order valence-electron chi connectivity index (χ3n) is 6.10. The highest BCUT2D eigenvalue weighted by Crippen LogP contribution is 2.27. The number of rotatable bonds is 4. The van der Waals surface area contributed by atoms with Crippen LogP contribution in [0.3, 0.4) is 0 Å². The van der Waals surface area contributed by atoms with Crippen LogP contribution in [0.15, 0.2) is 55.0 Å². The van der Waals surface area contributed by atoms with Gasteiger partial charge < -0.3 is 14.5 Å². The van der Waals surface area contributed by atoms with Crippen molar-refractivity contribution < 1.29 is 4.74 Å². The van der Waals surface area contributed by atoms with E-state index in [1.807, 2.05) is 23.0 Å². The van der Waals surface area contributed by atoms with Gasteiger partial charge in [-0.1, -0.05) is 6.07 Å². The van der Waals surface area contributed by atoms with Gasteiger partial charge in [-0.05, 0) is 61.4 Å². The third kappa shape index (κ3) is 3.56. The van der Waals surface area contributed by atoms with Crippen LogP contribution < -0.4 is 14.5 Å². The molecule has 1 fully saturated rings. The zero-order chi connectivity index (χ0) is 21.4. The van der Waals surface area contributed by atoms with Crippen LogP contribution in [0.2, 0.25) is 0 Å². The first-order chi connectivity index (χ1) is 15.1. The van der Waals surface area contributed by atoms with Gasteiger partial charge in [0.1, 0.15) is 17.9 Å². The summed E-state index contributed by atoms with van der Waals surface area (Å²) in [4.78, 5) is 13.9. The Labute approximate surface area is 181 Å². The van der Waals surface area contributed by atoms with Crippen LogP contribution in [-0.4, -0.2) is 53.0 Å². The summed E-state index contributed by atoms with van der Waals surface area (Å²) in [5.74, 6) is 1.83. The number of aryl methyl sites for hydroxylation is 2. The first kappa shape index (κ1) is 19.4. The molecule has 0 radical (unpaired) electrons. The van der Waals surface area contributed by atoms with Gasteiger partial charge in [-0.25, -0.2) is 14.6 Å². The van der Waals surface area contributed by atoms with Crippen LogP contribution in [0.4, 0.5) is 11.5 Å². The van der Waals surface area contributed by atoms with Gasteiger partial charge in [-0.15, -0.1) is 0 Å². The summed E-state index contributed by atoms with van der Waals surface area (Å²) < 4.78 is 7.17. The van der Waals surface area contributed by atoms with Crippen molar-refractivity contribution in [2.24, 2.45) is 0 Å². The van der Waals surface area contributed by atoms with E-state index in [2.05, 4.69) is 69.0 Å². The molecule has 2 aromatic carbocycles. The molecule has 0 saturated carbocycles. The molecule has 158 valence electrons. The number of ether oxygens (including phenoxy) is 1. The highest BCUT2D eigenvalue weighted by molar-refractivity contribution is 5.87. The van der Waals surface area contributed by atoms with Gasteiger partial charge in [-0.2, -0.15) is 5.10 Å². The van der Waals surface area contributed by atoms with E-state index >= 15 is 0 Å². The Kier molecular flexibility index (Phi) is 4.94. The molecule has 0 unspecified atom stereocenters. The van der Waals surface area contributed by atoms with Crippen LogP contribution in [0.1, 0.15) is 11.1 Å². The number of anilines is 2. The molecular formula is C24H26N6O. The molecule has 7 nitrogen and oxygen atoms in total. The highest BCUT2D eigenvalue weighted by Gasteiger charge is 2.22. The van der Waals surface area contributed by atoms with E-state index in [9.17, 15) is 0 Å². The lowest BCUT2D eigenvalue weighted by Gasteiger charge is -2.36. The largest absolute Gasteiger partial charge is 0.497 e. The first-order valence-corrected chi connectivity index (χ1v) is 10.5. The Balaban J connectivity index is 1.38. The van der Waals surface area contributed by atoms with Crippen LogP contribution in [-0.2, 0) is 0 Å². The Hall–Kier alpha value is -3.61. The molecule has 0 N–H and O–H groups in total. The van der Waals surface area contributed by atoms with Gasteiger partial charge in [0.2, 0.25) is 0 Å². The summed E-state index contributed by atoms with van der Waals surface area (Å²) in [7, 11) is 1.69. The Morgan fingerprint density at radius 1 is 0.806 bits per heavy atom. The lowest BCUT2D eigenvalue weighted by atomic mass is 10.1. The number of methoxy groups -OCH3 is 1. The van der Waals surface area contributed by atoms with Crippen molar-refractivity contribution in [1.82, 2.24) is 19.7 Å².